The zero-order valence-electron chi connectivity index (χ0n) is 27.6. The number of fused-ring (bicyclic) bond motifs is 2. The maximum absolute atomic E-state index is 13.5. The molecular formula is C37H41ClN8O2. The lowest BCUT2D eigenvalue weighted by Gasteiger charge is -2.25. The number of β-amino-alcohol motifs (C(OH)–C–C–N with tert-alkyl or cyclic N) is 1. The Morgan fingerprint density at radius 3 is 2.67 bits per heavy atom. The van der Waals surface area contributed by atoms with Gasteiger partial charge in [-0.1, -0.05) is 42.8 Å². The van der Waals surface area contributed by atoms with Gasteiger partial charge >= 0.3 is 0 Å². The van der Waals surface area contributed by atoms with E-state index >= 15 is 0 Å². The molecule has 11 heteroatoms. The maximum Gasteiger partial charge on any atom is 0.291 e. The van der Waals surface area contributed by atoms with Crippen LogP contribution < -0.4 is 10.6 Å². The number of nitrogens with one attached hydrogen (secondary N) is 2. The number of amides is 1. The van der Waals surface area contributed by atoms with Crippen molar-refractivity contribution in [3.8, 4) is 11.1 Å². The van der Waals surface area contributed by atoms with Gasteiger partial charge in [0.1, 0.15) is 5.52 Å². The maximum atomic E-state index is 13.5. The molecular weight excluding hydrogens is 624 g/mol. The summed E-state index contributed by atoms with van der Waals surface area (Å²) in [6.45, 7) is 9.29. The van der Waals surface area contributed by atoms with E-state index in [1.165, 1.54) is 0 Å². The smallest absolute Gasteiger partial charge is 0.291 e. The highest BCUT2D eigenvalue weighted by Gasteiger charge is 2.26. The molecule has 0 radical (unpaired) electrons. The number of aliphatic hydroxyl groups is 1. The van der Waals surface area contributed by atoms with Gasteiger partial charge in [0.2, 0.25) is 0 Å². The molecule has 2 aliphatic rings. The first-order valence-corrected chi connectivity index (χ1v) is 17.0. The second-order valence-electron chi connectivity index (χ2n) is 12.9. The Hall–Kier alpha value is -4.35. The number of hydrogen-bond acceptors (Lipinski definition) is 8. The number of anilines is 3. The summed E-state index contributed by atoms with van der Waals surface area (Å²) in [7, 11) is 1.93. The fraction of sp³-hybridized carbons (Fsp3) is 0.351. The Balaban J connectivity index is 1.11. The molecule has 5 heterocycles. The molecule has 5 aromatic rings. The van der Waals surface area contributed by atoms with Crippen LogP contribution in [0.1, 0.15) is 52.9 Å². The zero-order chi connectivity index (χ0) is 33.4. The first-order valence-electron chi connectivity index (χ1n) is 16.7. The highest BCUT2D eigenvalue weighted by atomic mass is 35.5. The predicted molar refractivity (Wildman–Crippen MR) is 191 cm³/mol. The molecule has 10 nitrogen and oxygen atoms in total. The number of carbonyl (C=O) groups is 1. The average Bonchev–Trinajstić information content (AvgIpc) is 3.64. The molecule has 48 heavy (non-hydrogen) atoms. The molecule has 1 fully saturated rings. The Morgan fingerprint density at radius 1 is 1.06 bits per heavy atom. The SMILES string of the molecule is CCCN1CCc2c(nc(C(=O)Nc3cccc(-c4cccc(Nc5nccc6cc(CN7CC[C@@H](O)C7)cnc56)c4Cl)c3C)n2C)C1. The monoisotopic (exact) mass is 664 g/mol. The zero-order valence-corrected chi connectivity index (χ0v) is 28.4. The van der Waals surface area contributed by atoms with Crippen molar-refractivity contribution in [1.29, 1.82) is 0 Å². The lowest BCUT2D eigenvalue weighted by molar-refractivity contribution is 0.101. The number of aromatic nitrogens is 4. The van der Waals surface area contributed by atoms with Gasteiger partial charge in [0.05, 0.1) is 22.5 Å². The molecule has 1 saturated heterocycles. The highest BCUT2D eigenvalue weighted by Crippen LogP contribution is 2.39. The van der Waals surface area contributed by atoms with Crippen LogP contribution in [0.15, 0.2) is 60.9 Å². The minimum atomic E-state index is -0.252. The number of halogens is 1. The van der Waals surface area contributed by atoms with Crippen LogP contribution in [-0.2, 0) is 26.6 Å². The topological polar surface area (TPSA) is 111 Å². The third-order valence-electron chi connectivity index (χ3n) is 9.51. The van der Waals surface area contributed by atoms with Gasteiger partial charge in [0.15, 0.2) is 11.6 Å². The molecule has 0 unspecified atom stereocenters. The minimum Gasteiger partial charge on any atom is -0.392 e. The molecule has 0 saturated carbocycles. The van der Waals surface area contributed by atoms with Gasteiger partial charge in [-0.05, 0) is 67.3 Å². The van der Waals surface area contributed by atoms with Crippen LogP contribution in [0.25, 0.3) is 22.0 Å². The Labute approximate surface area is 285 Å². The van der Waals surface area contributed by atoms with E-state index < -0.39 is 0 Å². The lowest BCUT2D eigenvalue weighted by atomic mass is 9.98. The quantitative estimate of drug-likeness (QED) is 0.168. The minimum absolute atomic E-state index is 0.230. The number of rotatable bonds is 9. The van der Waals surface area contributed by atoms with Gasteiger partial charge in [0, 0.05) is 80.9 Å². The average molecular weight is 665 g/mol. The van der Waals surface area contributed by atoms with Gasteiger partial charge in [-0.3, -0.25) is 19.6 Å². The normalized spacial score (nSPS) is 16.7. The molecule has 2 aromatic carbocycles. The van der Waals surface area contributed by atoms with Gasteiger partial charge in [0.25, 0.3) is 5.91 Å². The summed E-state index contributed by atoms with van der Waals surface area (Å²) in [4.78, 5) is 32.3. The van der Waals surface area contributed by atoms with Crippen molar-refractivity contribution in [3.05, 3.63) is 94.3 Å². The number of imidazole rings is 1. The van der Waals surface area contributed by atoms with Crippen LogP contribution in [0.4, 0.5) is 17.2 Å². The van der Waals surface area contributed by atoms with Crippen molar-refractivity contribution in [2.24, 2.45) is 7.05 Å². The molecule has 1 atom stereocenters. The van der Waals surface area contributed by atoms with Crippen LogP contribution >= 0.6 is 11.6 Å². The number of pyridine rings is 2. The number of carbonyl (C=O) groups excluding carboxylic acids is 1. The molecule has 248 valence electrons. The van der Waals surface area contributed by atoms with E-state index in [1.54, 1.807) is 6.20 Å². The fourth-order valence-electron chi connectivity index (χ4n) is 7.00. The fourth-order valence-corrected chi connectivity index (χ4v) is 7.27. The van der Waals surface area contributed by atoms with Gasteiger partial charge in [-0.2, -0.15) is 0 Å². The Kier molecular flexibility index (Phi) is 9.15. The number of benzene rings is 2. The molecule has 7 rings (SSSR count). The first kappa shape index (κ1) is 32.2. The van der Waals surface area contributed by atoms with Crippen molar-refractivity contribution in [2.75, 3.05) is 36.8 Å². The van der Waals surface area contributed by atoms with Crippen LogP contribution in [0.3, 0.4) is 0 Å². The summed E-state index contributed by atoms with van der Waals surface area (Å²) in [5.74, 6) is 0.806. The third kappa shape index (κ3) is 6.41. The first-order chi connectivity index (χ1) is 23.3. The van der Waals surface area contributed by atoms with E-state index in [2.05, 4.69) is 38.4 Å². The van der Waals surface area contributed by atoms with Crippen LogP contribution in [0, 0.1) is 6.92 Å². The van der Waals surface area contributed by atoms with Gasteiger partial charge in [-0.15, -0.1) is 0 Å². The Morgan fingerprint density at radius 2 is 1.88 bits per heavy atom. The number of likely N-dealkylation sites (tertiary alicyclic amines) is 1. The predicted octanol–water partition coefficient (Wildman–Crippen LogP) is 6.32. The van der Waals surface area contributed by atoms with Crippen LogP contribution in [0.2, 0.25) is 5.02 Å². The molecule has 2 aliphatic heterocycles. The van der Waals surface area contributed by atoms with E-state index in [4.69, 9.17) is 21.6 Å². The molecule has 0 spiro atoms. The van der Waals surface area contributed by atoms with Gasteiger partial charge in [-0.25, -0.2) is 9.97 Å². The molecule has 0 bridgehead atoms. The summed E-state index contributed by atoms with van der Waals surface area (Å²) < 4.78 is 1.94. The van der Waals surface area contributed by atoms with E-state index in [9.17, 15) is 9.90 Å². The molecule has 3 aromatic heterocycles. The number of nitrogens with zero attached hydrogens (tertiary/aromatic N) is 6. The number of aliphatic hydroxyl groups excluding tert-OH is 1. The molecule has 3 N–H and O–H groups in total. The number of hydrogen-bond donors (Lipinski definition) is 3. The summed E-state index contributed by atoms with van der Waals surface area (Å²) in [5, 5.41) is 18.0. The van der Waals surface area contributed by atoms with E-state index in [0.717, 1.165) is 96.5 Å². The summed E-state index contributed by atoms with van der Waals surface area (Å²) in [5.41, 5.74) is 8.03. The summed E-state index contributed by atoms with van der Waals surface area (Å²) in [6.07, 6.45) is 6.18. The van der Waals surface area contributed by atoms with Crippen molar-refractivity contribution >= 4 is 45.6 Å². The molecule has 1 amide bonds. The largest absolute Gasteiger partial charge is 0.392 e. The van der Waals surface area contributed by atoms with Crippen molar-refractivity contribution < 1.29 is 9.90 Å². The standard InChI is InChI=1S/C37H41ClN8O2/c1-4-15-45-17-13-32-31(22-45)42-36(44(32)3)37(48)43-29-9-5-7-27(23(29)2)28-8-6-10-30(33(28)38)41-35-34-25(11-14-39-35)18-24(19-40-34)20-46-16-12-26(47)21-46/h5-11,14,18-19,26,47H,4,12-13,15-17,20-22H2,1-3H3,(H,39,41)(H,43,48)/t26-/m1/s1. The summed E-state index contributed by atoms with van der Waals surface area (Å²) in [6, 6.07) is 15.8. The Bertz CT molecular complexity index is 1990. The molecule has 0 aliphatic carbocycles. The van der Waals surface area contributed by atoms with Crippen molar-refractivity contribution in [3.63, 3.8) is 0 Å². The lowest BCUT2D eigenvalue weighted by Crippen LogP contribution is -2.31. The van der Waals surface area contributed by atoms with E-state index in [1.807, 2.05) is 67.2 Å². The van der Waals surface area contributed by atoms with Crippen molar-refractivity contribution in [1.82, 2.24) is 29.3 Å². The van der Waals surface area contributed by atoms with E-state index in [-0.39, 0.29) is 12.0 Å². The van der Waals surface area contributed by atoms with Crippen LogP contribution in [0.5, 0.6) is 0 Å². The van der Waals surface area contributed by atoms with Gasteiger partial charge < -0.3 is 20.3 Å². The van der Waals surface area contributed by atoms with Crippen LogP contribution in [-0.4, -0.2) is 72.6 Å². The van der Waals surface area contributed by atoms with E-state index in [0.29, 0.717) is 34.6 Å². The second kappa shape index (κ2) is 13.6. The third-order valence-corrected chi connectivity index (χ3v) is 9.92. The second-order valence-corrected chi connectivity index (χ2v) is 13.3. The highest BCUT2D eigenvalue weighted by molar-refractivity contribution is 6.36. The summed E-state index contributed by atoms with van der Waals surface area (Å²) >= 11 is 7.07. The van der Waals surface area contributed by atoms with Crippen molar-refractivity contribution in [2.45, 2.75) is 52.3 Å².